The molecule has 0 nitrogen and oxygen atoms in total. The number of hydrogen-bond donors (Lipinski definition) is 0. The monoisotopic (exact) mass is 187 g/mol. The SMILES string of the molecule is CCCC#[C][Cu][CH2]CCC. The van der Waals surface area contributed by atoms with Gasteiger partial charge in [0.15, 0.2) is 0 Å². The van der Waals surface area contributed by atoms with Crippen LogP contribution in [0.4, 0.5) is 0 Å². The van der Waals surface area contributed by atoms with E-state index in [9.17, 15) is 0 Å². The third kappa shape index (κ3) is 8.08. The number of unbranched alkanes of at least 4 members (excludes halogenated alkanes) is 2. The zero-order chi connectivity index (χ0) is 7.66. The van der Waals surface area contributed by atoms with E-state index in [4.69, 9.17) is 0 Å². The fourth-order valence-corrected chi connectivity index (χ4v) is 1.25. The Hall–Kier alpha value is 0.0795. The van der Waals surface area contributed by atoms with Crippen LogP contribution in [-0.4, -0.2) is 0 Å². The van der Waals surface area contributed by atoms with Gasteiger partial charge in [0.2, 0.25) is 0 Å². The van der Waals surface area contributed by atoms with Gasteiger partial charge in [-0.15, -0.1) is 0 Å². The molecule has 10 heavy (non-hydrogen) atoms. The number of rotatable bonds is 4. The van der Waals surface area contributed by atoms with Crippen molar-refractivity contribution in [3.63, 3.8) is 0 Å². The Bertz CT molecular complexity index is 108. The summed E-state index contributed by atoms with van der Waals surface area (Å²) in [6.45, 7) is 4.36. The van der Waals surface area contributed by atoms with Crippen molar-refractivity contribution in [3.8, 4) is 10.7 Å². The molecule has 0 unspecified atom stereocenters. The van der Waals surface area contributed by atoms with Gasteiger partial charge in [-0.05, 0) is 0 Å². The molecule has 0 aliphatic rings. The van der Waals surface area contributed by atoms with Crippen LogP contribution in [0.3, 0.4) is 0 Å². The molecule has 0 spiro atoms. The Morgan fingerprint density at radius 3 is 2.60 bits per heavy atom. The van der Waals surface area contributed by atoms with Gasteiger partial charge in [0.1, 0.15) is 0 Å². The van der Waals surface area contributed by atoms with Crippen LogP contribution in [0.2, 0.25) is 5.32 Å². The summed E-state index contributed by atoms with van der Waals surface area (Å²) in [6, 6.07) is 0. The Morgan fingerprint density at radius 2 is 2.00 bits per heavy atom. The summed E-state index contributed by atoms with van der Waals surface area (Å²) < 4.78 is 0. The normalized spacial score (nSPS) is 9.00. The second-order valence-corrected chi connectivity index (χ2v) is 3.15. The first-order valence-electron chi connectivity index (χ1n) is 3.88. The quantitative estimate of drug-likeness (QED) is 0.361. The second-order valence-electron chi connectivity index (χ2n) is 2.11. The maximum atomic E-state index is 3.10. The van der Waals surface area contributed by atoms with Crippen molar-refractivity contribution in [1.82, 2.24) is 0 Å². The van der Waals surface area contributed by atoms with Crippen molar-refractivity contribution in [2.45, 2.75) is 44.9 Å². The molecule has 0 atom stereocenters. The summed E-state index contributed by atoms with van der Waals surface area (Å²) in [7, 11) is 0. The molecule has 0 aliphatic heterocycles. The van der Waals surface area contributed by atoms with E-state index in [1.165, 1.54) is 24.6 Å². The molecule has 0 saturated carbocycles. The van der Waals surface area contributed by atoms with Crippen LogP contribution in [0.1, 0.15) is 39.5 Å². The molecule has 0 aliphatic carbocycles. The molecular formula is C9H16Cu. The van der Waals surface area contributed by atoms with E-state index >= 15 is 0 Å². The first-order valence-corrected chi connectivity index (χ1v) is 5.02. The van der Waals surface area contributed by atoms with Crippen LogP contribution in [0.15, 0.2) is 0 Å². The van der Waals surface area contributed by atoms with E-state index in [2.05, 4.69) is 24.6 Å². The standard InChI is InChI=1S/C5H7.C4H9.Cu/c1-3-5-4-2;1-3-4-2;/h3,5H2,1H3;1,3-4H2,2H3;. The molecule has 0 aromatic heterocycles. The van der Waals surface area contributed by atoms with Crippen molar-refractivity contribution in [1.29, 1.82) is 0 Å². The molecular weight excluding hydrogens is 172 g/mol. The van der Waals surface area contributed by atoms with E-state index in [1.54, 1.807) is 0 Å². The third-order valence-corrected chi connectivity index (χ3v) is 1.92. The van der Waals surface area contributed by atoms with Crippen LogP contribution < -0.4 is 0 Å². The molecule has 0 N–H and O–H groups in total. The van der Waals surface area contributed by atoms with E-state index in [-0.39, 0.29) is 0 Å². The van der Waals surface area contributed by atoms with Gasteiger partial charge in [-0.25, -0.2) is 0 Å². The van der Waals surface area contributed by atoms with Gasteiger partial charge < -0.3 is 0 Å². The topological polar surface area (TPSA) is 0 Å². The fraction of sp³-hybridized carbons (Fsp3) is 0.778. The van der Waals surface area contributed by atoms with E-state index in [0.717, 1.165) is 6.42 Å². The number of hydrogen-bond acceptors (Lipinski definition) is 0. The molecule has 0 saturated heterocycles. The van der Waals surface area contributed by atoms with Crippen molar-refractivity contribution in [2.75, 3.05) is 0 Å². The van der Waals surface area contributed by atoms with Crippen molar-refractivity contribution in [3.05, 3.63) is 0 Å². The Morgan fingerprint density at radius 1 is 1.20 bits per heavy atom. The van der Waals surface area contributed by atoms with Gasteiger partial charge in [0, 0.05) is 0 Å². The van der Waals surface area contributed by atoms with Gasteiger partial charge in [0.25, 0.3) is 0 Å². The molecule has 0 radical (unpaired) electrons. The average Bonchev–Trinajstić information content (AvgIpc) is 1.97. The molecule has 0 fully saturated rings. The summed E-state index contributed by atoms with van der Waals surface area (Å²) in [5.41, 5.74) is 0. The third-order valence-electron chi connectivity index (χ3n) is 1.02. The van der Waals surface area contributed by atoms with Gasteiger partial charge in [-0.2, -0.15) is 0 Å². The van der Waals surface area contributed by atoms with E-state index in [1.807, 2.05) is 15.0 Å². The van der Waals surface area contributed by atoms with Crippen molar-refractivity contribution >= 4 is 0 Å². The zero-order valence-corrected chi connectivity index (χ0v) is 7.78. The zero-order valence-electron chi connectivity index (χ0n) is 6.84. The van der Waals surface area contributed by atoms with Crippen LogP contribution in [0.5, 0.6) is 0 Å². The predicted octanol–water partition coefficient (Wildman–Crippen LogP) is 3.05. The molecule has 0 bridgehead atoms. The summed E-state index contributed by atoms with van der Waals surface area (Å²) in [5, 5.41) is 1.19. The molecule has 0 aromatic rings. The first kappa shape index (κ1) is 10.1. The van der Waals surface area contributed by atoms with Gasteiger partial charge in [0.05, 0.1) is 0 Å². The van der Waals surface area contributed by atoms with Crippen LogP contribution in [-0.2, 0) is 15.0 Å². The van der Waals surface area contributed by atoms with Crippen molar-refractivity contribution < 1.29 is 15.0 Å². The Balaban J connectivity index is 2.96. The fourth-order valence-electron chi connectivity index (χ4n) is 0.398. The minimum absolute atomic E-state index is 1.05. The summed E-state index contributed by atoms with van der Waals surface area (Å²) in [6.07, 6.45) is 4.80. The van der Waals surface area contributed by atoms with Gasteiger partial charge in [-0.3, -0.25) is 0 Å². The van der Waals surface area contributed by atoms with E-state index < -0.39 is 0 Å². The molecule has 63 valence electrons. The molecule has 0 aromatic carbocycles. The molecule has 0 amide bonds. The van der Waals surface area contributed by atoms with Gasteiger partial charge in [-0.1, -0.05) is 0 Å². The maximum absolute atomic E-state index is 3.10. The summed E-state index contributed by atoms with van der Waals surface area (Å²) >= 11 is 1.84. The minimum atomic E-state index is 1.05. The first-order chi connectivity index (χ1) is 4.91. The van der Waals surface area contributed by atoms with Crippen LogP contribution >= 0.6 is 0 Å². The Labute approximate surface area is 70.9 Å². The van der Waals surface area contributed by atoms with Crippen molar-refractivity contribution in [2.24, 2.45) is 0 Å². The second kappa shape index (κ2) is 9.08. The summed E-state index contributed by atoms with van der Waals surface area (Å²) in [4.78, 5) is 3.08. The van der Waals surface area contributed by atoms with Gasteiger partial charge >= 0.3 is 70.5 Å². The molecule has 0 heterocycles. The average molecular weight is 188 g/mol. The molecule has 1 heteroatoms. The summed E-state index contributed by atoms with van der Waals surface area (Å²) in [5.74, 6) is 3.10. The molecule has 0 rings (SSSR count). The Kier molecular flexibility index (Phi) is 9.15. The van der Waals surface area contributed by atoms with E-state index in [0.29, 0.717) is 0 Å². The van der Waals surface area contributed by atoms with Crippen LogP contribution in [0, 0.1) is 10.7 Å². The predicted molar refractivity (Wildman–Crippen MR) is 42.4 cm³/mol. The van der Waals surface area contributed by atoms with Crippen LogP contribution in [0.25, 0.3) is 0 Å².